The van der Waals surface area contributed by atoms with Gasteiger partial charge in [0.05, 0.1) is 31.0 Å². The van der Waals surface area contributed by atoms with Gasteiger partial charge in [0, 0.05) is 13.6 Å². The smallest absolute Gasteiger partial charge is 0.339 e. The standard InChI is InChI=1S/C18H19NO4/c1-19(12-13-8-5-4-6-9-13)16-14(17(20)22-2)10-7-11-15(16)18(21)23-3/h4-11H,12H2,1-3H3. The molecular weight excluding hydrogens is 294 g/mol. The van der Waals surface area contributed by atoms with Gasteiger partial charge in [0.15, 0.2) is 0 Å². The number of carbonyl (C=O) groups is 2. The summed E-state index contributed by atoms with van der Waals surface area (Å²) in [5.74, 6) is -0.990. The molecule has 2 aromatic carbocycles. The number of carbonyl (C=O) groups excluding carboxylic acids is 2. The van der Waals surface area contributed by atoms with E-state index in [-0.39, 0.29) is 0 Å². The first-order valence-corrected chi connectivity index (χ1v) is 7.13. The highest BCUT2D eigenvalue weighted by Crippen LogP contribution is 2.27. The summed E-state index contributed by atoms with van der Waals surface area (Å²) >= 11 is 0. The number of ether oxygens (including phenoxy) is 2. The lowest BCUT2D eigenvalue weighted by atomic mass is 10.0. The Bertz CT molecular complexity index is 663. The fraction of sp³-hybridized carbons (Fsp3) is 0.222. The van der Waals surface area contributed by atoms with Gasteiger partial charge in [-0.3, -0.25) is 0 Å². The molecule has 23 heavy (non-hydrogen) atoms. The first-order chi connectivity index (χ1) is 11.1. The molecular formula is C18H19NO4. The molecule has 0 heterocycles. The summed E-state index contributed by atoms with van der Waals surface area (Å²) < 4.78 is 9.66. The molecule has 2 aromatic rings. The van der Waals surface area contributed by atoms with Crippen molar-refractivity contribution < 1.29 is 19.1 Å². The molecule has 5 heteroatoms. The second kappa shape index (κ2) is 7.45. The van der Waals surface area contributed by atoms with Crippen LogP contribution in [0.2, 0.25) is 0 Å². The molecule has 0 bridgehead atoms. The van der Waals surface area contributed by atoms with Crippen molar-refractivity contribution in [2.45, 2.75) is 6.54 Å². The van der Waals surface area contributed by atoms with Gasteiger partial charge >= 0.3 is 11.9 Å². The zero-order chi connectivity index (χ0) is 16.8. The van der Waals surface area contributed by atoms with Gasteiger partial charge in [0.25, 0.3) is 0 Å². The van der Waals surface area contributed by atoms with Crippen molar-refractivity contribution in [2.75, 3.05) is 26.2 Å². The fourth-order valence-corrected chi connectivity index (χ4v) is 2.44. The zero-order valence-corrected chi connectivity index (χ0v) is 13.4. The molecule has 0 aliphatic carbocycles. The molecule has 0 aliphatic heterocycles. The number of esters is 2. The van der Waals surface area contributed by atoms with E-state index < -0.39 is 11.9 Å². The van der Waals surface area contributed by atoms with E-state index >= 15 is 0 Å². The van der Waals surface area contributed by atoms with Gasteiger partial charge in [-0.25, -0.2) is 9.59 Å². The van der Waals surface area contributed by atoms with Crippen LogP contribution in [0.5, 0.6) is 0 Å². The highest BCUT2D eigenvalue weighted by molar-refractivity contribution is 6.04. The maximum atomic E-state index is 12.1. The SMILES string of the molecule is COC(=O)c1cccc(C(=O)OC)c1N(C)Cc1ccccc1. The van der Waals surface area contributed by atoms with Crippen LogP contribution in [0.1, 0.15) is 26.3 Å². The third-order valence-electron chi connectivity index (χ3n) is 3.49. The summed E-state index contributed by atoms with van der Waals surface area (Å²) in [6.45, 7) is 0.541. The molecule has 120 valence electrons. The summed E-state index contributed by atoms with van der Waals surface area (Å²) in [4.78, 5) is 25.9. The van der Waals surface area contributed by atoms with Crippen LogP contribution in [0.15, 0.2) is 48.5 Å². The number of rotatable bonds is 5. The number of benzene rings is 2. The number of hydrogen-bond donors (Lipinski definition) is 0. The van der Waals surface area contributed by atoms with Gasteiger partial charge < -0.3 is 14.4 Å². The molecule has 0 spiro atoms. The Morgan fingerprint density at radius 1 is 0.870 bits per heavy atom. The topological polar surface area (TPSA) is 55.8 Å². The van der Waals surface area contributed by atoms with Gasteiger partial charge in [-0.05, 0) is 17.7 Å². The normalized spacial score (nSPS) is 10.0. The van der Waals surface area contributed by atoms with E-state index in [1.807, 2.05) is 42.3 Å². The van der Waals surface area contributed by atoms with E-state index in [4.69, 9.17) is 9.47 Å². The largest absolute Gasteiger partial charge is 0.465 e. The van der Waals surface area contributed by atoms with Crippen molar-refractivity contribution in [3.8, 4) is 0 Å². The molecule has 0 saturated carbocycles. The third kappa shape index (κ3) is 3.69. The fourth-order valence-electron chi connectivity index (χ4n) is 2.44. The van der Waals surface area contributed by atoms with Crippen LogP contribution in [0, 0.1) is 0 Å². The summed E-state index contributed by atoms with van der Waals surface area (Å²) in [7, 11) is 4.45. The molecule has 0 unspecified atom stereocenters. The summed E-state index contributed by atoms with van der Waals surface area (Å²) in [5, 5.41) is 0. The highest BCUT2D eigenvalue weighted by atomic mass is 16.5. The second-order valence-corrected chi connectivity index (χ2v) is 5.03. The Labute approximate surface area is 135 Å². The monoisotopic (exact) mass is 313 g/mol. The Kier molecular flexibility index (Phi) is 5.36. The molecule has 5 nitrogen and oxygen atoms in total. The zero-order valence-electron chi connectivity index (χ0n) is 13.4. The molecule has 0 amide bonds. The molecule has 2 rings (SSSR count). The highest BCUT2D eigenvalue weighted by Gasteiger charge is 2.22. The number of nitrogens with zero attached hydrogens (tertiary/aromatic N) is 1. The molecule has 0 saturated heterocycles. The van der Waals surface area contributed by atoms with Gasteiger partial charge in [-0.15, -0.1) is 0 Å². The number of para-hydroxylation sites is 1. The van der Waals surface area contributed by atoms with E-state index in [2.05, 4.69) is 0 Å². The Morgan fingerprint density at radius 3 is 1.87 bits per heavy atom. The molecule has 0 aromatic heterocycles. The van der Waals surface area contributed by atoms with Gasteiger partial charge in [-0.1, -0.05) is 36.4 Å². The second-order valence-electron chi connectivity index (χ2n) is 5.03. The predicted octanol–water partition coefficient (Wildman–Crippen LogP) is 2.90. The van der Waals surface area contributed by atoms with Crippen molar-refractivity contribution in [3.63, 3.8) is 0 Å². The summed E-state index contributed by atoms with van der Waals surface area (Å²) in [5.41, 5.74) is 2.21. The Morgan fingerprint density at radius 2 is 1.39 bits per heavy atom. The molecule has 0 radical (unpaired) electrons. The van der Waals surface area contributed by atoms with Gasteiger partial charge in [0.2, 0.25) is 0 Å². The van der Waals surface area contributed by atoms with Crippen LogP contribution in [-0.4, -0.2) is 33.2 Å². The average molecular weight is 313 g/mol. The van der Waals surface area contributed by atoms with Crippen molar-refractivity contribution >= 4 is 17.6 Å². The Hall–Kier alpha value is -2.82. The third-order valence-corrected chi connectivity index (χ3v) is 3.49. The summed E-state index contributed by atoms with van der Waals surface area (Å²) in [6, 6.07) is 14.7. The summed E-state index contributed by atoms with van der Waals surface area (Å²) in [6.07, 6.45) is 0. The van der Waals surface area contributed by atoms with E-state index in [1.165, 1.54) is 14.2 Å². The van der Waals surface area contributed by atoms with Gasteiger partial charge in [-0.2, -0.15) is 0 Å². The van der Waals surface area contributed by atoms with Gasteiger partial charge in [0.1, 0.15) is 0 Å². The van der Waals surface area contributed by atoms with Crippen molar-refractivity contribution in [3.05, 3.63) is 65.2 Å². The van der Waals surface area contributed by atoms with Crippen LogP contribution in [0.3, 0.4) is 0 Å². The maximum Gasteiger partial charge on any atom is 0.339 e. The first kappa shape index (κ1) is 16.5. The van der Waals surface area contributed by atoms with E-state index in [9.17, 15) is 9.59 Å². The predicted molar refractivity (Wildman–Crippen MR) is 87.7 cm³/mol. The average Bonchev–Trinajstić information content (AvgIpc) is 2.60. The van der Waals surface area contributed by atoms with Crippen LogP contribution in [0.4, 0.5) is 5.69 Å². The number of hydrogen-bond acceptors (Lipinski definition) is 5. The Balaban J connectivity index is 2.48. The lowest BCUT2D eigenvalue weighted by Crippen LogP contribution is -2.23. The lowest BCUT2D eigenvalue weighted by Gasteiger charge is -2.24. The molecule has 0 atom stereocenters. The lowest BCUT2D eigenvalue weighted by molar-refractivity contribution is 0.0600. The van der Waals surface area contributed by atoms with Crippen LogP contribution < -0.4 is 4.90 Å². The van der Waals surface area contributed by atoms with Crippen molar-refractivity contribution in [1.29, 1.82) is 0 Å². The molecule has 0 N–H and O–H groups in total. The number of anilines is 1. The molecule has 0 aliphatic rings. The van der Waals surface area contributed by atoms with Crippen LogP contribution in [-0.2, 0) is 16.0 Å². The minimum atomic E-state index is -0.495. The minimum absolute atomic E-state index is 0.328. The van der Waals surface area contributed by atoms with Crippen molar-refractivity contribution in [1.82, 2.24) is 0 Å². The quantitative estimate of drug-likeness (QED) is 0.794. The minimum Gasteiger partial charge on any atom is -0.465 e. The van der Waals surface area contributed by atoms with Crippen molar-refractivity contribution in [2.24, 2.45) is 0 Å². The van der Waals surface area contributed by atoms with Crippen LogP contribution in [0.25, 0.3) is 0 Å². The van der Waals surface area contributed by atoms with E-state index in [1.54, 1.807) is 18.2 Å². The maximum absolute atomic E-state index is 12.1. The number of methoxy groups -OCH3 is 2. The van der Waals surface area contributed by atoms with E-state index in [0.717, 1.165) is 5.56 Å². The molecule has 0 fully saturated rings. The van der Waals surface area contributed by atoms with Crippen LogP contribution >= 0.6 is 0 Å². The first-order valence-electron chi connectivity index (χ1n) is 7.13. The van der Waals surface area contributed by atoms with E-state index in [0.29, 0.717) is 23.4 Å².